The molecule has 0 saturated carbocycles. The van der Waals surface area contributed by atoms with Gasteiger partial charge in [0.05, 0.1) is 6.54 Å². The molecule has 0 radical (unpaired) electrons. The third-order valence-electron chi connectivity index (χ3n) is 2.46. The highest BCUT2D eigenvalue weighted by Crippen LogP contribution is 1.97. The highest BCUT2D eigenvalue weighted by molar-refractivity contribution is 4.68. The zero-order valence-electron chi connectivity index (χ0n) is 8.68. The Hall–Kier alpha value is -0.260. The largest absolute Gasteiger partial charge is 0.314 e. The number of hydrogen-bond donors (Lipinski definition) is 1. The Labute approximate surface area is 84.1 Å². The van der Waals surface area contributed by atoms with Crippen molar-refractivity contribution in [1.29, 1.82) is 0 Å². The highest BCUT2D eigenvalue weighted by Gasteiger charge is 2.11. The molecule has 0 unspecified atom stereocenters. The van der Waals surface area contributed by atoms with Gasteiger partial charge in [0.15, 0.2) is 0 Å². The molecular weight excluding hydrogens is 188 g/mol. The summed E-state index contributed by atoms with van der Waals surface area (Å²) in [5, 5.41) is 3.26. The number of rotatable bonds is 5. The second kappa shape index (κ2) is 6.27. The van der Waals surface area contributed by atoms with Crippen molar-refractivity contribution in [3.8, 4) is 0 Å². The first kappa shape index (κ1) is 11.8. The molecule has 0 aromatic carbocycles. The van der Waals surface area contributed by atoms with E-state index in [4.69, 9.17) is 0 Å². The molecule has 1 fully saturated rings. The van der Waals surface area contributed by atoms with Crippen molar-refractivity contribution in [2.45, 2.75) is 6.43 Å². The molecular formula is C9H19F2N3. The van der Waals surface area contributed by atoms with Gasteiger partial charge in [0, 0.05) is 39.3 Å². The molecule has 1 aliphatic heterocycles. The minimum Gasteiger partial charge on any atom is -0.314 e. The summed E-state index contributed by atoms with van der Waals surface area (Å²) in [5.41, 5.74) is 0. The topological polar surface area (TPSA) is 18.5 Å². The van der Waals surface area contributed by atoms with E-state index in [-0.39, 0.29) is 6.54 Å². The molecule has 84 valence electrons. The van der Waals surface area contributed by atoms with Gasteiger partial charge in [0.25, 0.3) is 6.43 Å². The van der Waals surface area contributed by atoms with Gasteiger partial charge in [-0.05, 0) is 7.05 Å². The van der Waals surface area contributed by atoms with Crippen molar-refractivity contribution < 1.29 is 8.78 Å². The average Bonchev–Trinajstić information content (AvgIpc) is 2.15. The SMILES string of the molecule is CN(CCN1CCNCC1)CC(F)F. The van der Waals surface area contributed by atoms with E-state index in [1.165, 1.54) is 0 Å². The number of alkyl halides is 2. The molecule has 0 bridgehead atoms. The minimum absolute atomic E-state index is 0.119. The van der Waals surface area contributed by atoms with Crippen LogP contribution in [-0.4, -0.2) is 69.1 Å². The van der Waals surface area contributed by atoms with Crippen molar-refractivity contribution in [2.24, 2.45) is 0 Å². The summed E-state index contributed by atoms with van der Waals surface area (Å²) in [6.45, 7) is 5.59. The number of halogens is 2. The maximum Gasteiger partial charge on any atom is 0.251 e. The third-order valence-corrected chi connectivity index (χ3v) is 2.46. The van der Waals surface area contributed by atoms with Crippen LogP contribution >= 0.6 is 0 Å². The van der Waals surface area contributed by atoms with Crippen molar-refractivity contribution in [3.05, 3.63) is 0 Å². The van der Waals surface area contributed by atoms with Crippen LogP contribution < -0.4 is 5.32 Å². The number of hydrogen-bond acceptors (Lipinski definition) is 3. The maximum absolute atomic E-state index is 12.0. The Balaban J connectivity index is 2.06. The normalized spacial score (nSPS) is 19.5. The molecule has 0 aliphatic carbocycles. The number of likely N-dealkylation sites (N-methyl/N-ethyl adjacent to an activating group) is 1. The summed E-state index contributed by atoms with van der Waals surface area (Å²) in [4.78, 5) is 3.99. The first-order valence-corrected chi connectivity index (χ1v) is 5.08. The van der Waals surface area contributed by atoms with Gasteiger partial charge in [-0.15, -0.1) is 0 Å². The Bertz CT molecular complexity index is 149. The second-order valence-electron chi connectivity index (χ2n) is 3.74. The number of nitrogens with one attached hydrogen (secondary N) is 1. The lowest BCUT2D eigenvalue weighted by atomic mass is 10.3. The maximum atomic E-state index is 12.0. The van der Waals surface area contributed by atoms with Crippen LogP contribution in [0, 0.1) is 0 Å². The Kier molecular flexibility index (Phi) is 5.29. The van der Waals surface area contributed by atoms with E-state index in [0.29, 0.717) is 0 Å². The van der Waals surface area contributed by atoms with Gasteiger partial charge in [-0.3, -0.25) is 9.80 Å². The van der Waals surface area contributed by atoms with E-state index in [2.05, 4.69) is 10.2 Å². The van der Waals surface area contributed by atoms with Gasteiger partial charge in [-0.1, -0.05) is 0 Å². The number of nitrogens with zero attached hydrogens (tertiary/aromatic N) is 2. The van der Waals surface area contributed by atoms with Crippen LogP contribution in [0.5, 0.6) is 0 Å². The van der Waals surface area contributed by atoms with Crippen molar-refractivity contribution in [2.75, 3.05) is 52.9 Å². The Morgan fingerprint density at radius 2 is 2.00 bits per heavy atom. The lowest BCUT2D eigenvalue weighted by Crippen LogP contribution is -2.46. The van der Waals surface area contributed by atoms with Crippen LogP contribution in [-0.2, 0) is 0 Å². The summed E-state index contributed by atoms with van der Waals surface area (Å²) in [6.07, 6.45) is -2.22. The lowest BCUT2D eigenvalue weighted by molar-refractivity contribution is 0.0932. The van der Waals surface area contributed by atoms with Crippen LogP contribution in [0.15, 0.2) is 0 Å². The summed E-state index contributed by atoms with van der Waals surface area (Å²) < 4.78 is 24.0. The minimum atomic E-state index is -2.22. The van der Waals surface area contributed by atoms with Crippen LogP contribution in [0.25, 0.3) is 0 Å². The average molecular weight is 207 g/mol. The highest BCUT2D eigenvalue weighted by atomic mass is 19.3. The predicted octanol–water partition coefficient (Wildman–Crippen LogP) is 0.0885. The summed E-state index contributed by atoms with van der Waals surface area (Å²) in [7, 11) is 1.74. The first-order valence-electron chi connectivity index (χ1n) is 5.08. The zero-order valence-corrected chi connectivity index (χ0v) is 8.68. The summed E-state index contributed by atoms with van der Waals surface area (Å²) >= 11 is 0. The van der Waals surface area contributed by atoms with E-state index in [1.54, 1.807) is 11.9 Å². The summed E-state index contributed by atoms with van der Waals surface area (Å²) in [6, 6.07) is 0. The van der Waals surface area contributed by atoms with Crippen LogP contribution in [0.3, 0.4) is 0 Å². The molecule has 1 rings (SSSR count). The molecule has 0 aromatic heterocycles. The van der Waals surface area contributed by atoms with Gasteiger partial charge >= 0.3 is 0 Å². The van der Waals surface area contributed by atoms with Crippen LogP contribution in [0.2, 0.25) is 0 Å². The van der Waals surface area contributed by atoms with Crippen LogP contribution in [0.4, 0.5) is 8.78 Å². The van der Waals surface area contributed by atoms with E-state index in [0.717, 1.165) is 39.3 Å². The second-order valence-corrected chi connectivity index (χ2v) is 3.74. The molecule has 5 heteroatoms. The van der Waals surface area contributed by atoms with Gasteiger partial charge in [0.2, 0.25) is 0 Å². The molecule has 1 heterocycles. The third kappa shape index (κ3) is 4.83. The van der Waals surface area contributed by atoms with E-state index in [9.17, 15) is 8.78 Å². The number of piperazine rings is 1. The quantitative estimate of drug-likeness (QED) is 0.689. The van der Waals surface area contributed by atoms with Crippen molar-refractivity contribution in [1.82, 2.24) is 15.1 Å². The molecule has 0 amide bonds. The summed E-state index contributed by atoms with van der Waals surface area (Å²) in [5.74, 6) is 0. The molecule has 1 saturated heterocycles. The Morgan fingerprint density at radius 1 is 1.36 bits per heavy atom. The zero-order chi connectivity index (χ0) is 10.4. The van der Waals surface area contributed by atoms with Gasteiger partial charge in [-0.2, -0.15) is 0 Å². The first-order chi connectivity index (χ1) is 6.68. The molecule has 3 nitrogen and oxygen atoms in total. The fourth-order valence-corrected chi connectivity index (χ4v) is 1.57. The van der Waals surface area contributed by atoms with E-state index < -0.39 is 6.43 Å². The molecule has 1 aliphatic rings. The molecule has 14 heavy (non-hydrogen) atoms. The monoisotopic (exact) mass is 207 g/mol. The lowest BCUT2D eigenvalue weighted by Gasteiger charge is -2.28. The smallest absolute Gasteiger partial charge is 0.251 e. The van der Waals surface area contributed by atoms with Gasteiger partial charge in [-0.25, -0.2) is 8.78 Å². The predicted molar refractivity (Wildman–Crippen MR) is 52.8 cm³/mol. The van der Waals surface area contributed by atoms with Crippen molar-refractivity contribution >= 4 is 0 Å². The van der Waals surface area contributed by atoms with E-state index >= 15 is 0 Å². The molecule has 1 N–H and O–H groups in total. The molecule has 0 spiro atoms. The molecule has 0 atom stereocenters. The standard InChI is InChI=1S/C9H19F2N3/c1-13(8-9(10)11)6-7-14-4-2-12-3-5-14/h9,12H,2-8H2,1H3. The van der Waals surface area contributed by atoms with Gasteiger partial charge < -0.3 is 5.32 Å². The molecule has 0 aromatic rings. The fourth-order valence-electron chi connectivity index (χ4n) is 1.57. The van der Waals surface area contributed by atoms with Crippen molar-refractivity contribution in [3.63, 3.8) is 0 Å². The fraction of sp³-hybridized carbons (Fsp3) is 1.00. The van der Waals surface area contributed by atoms with E-state index in [1.807, 2.05) is 0 Å². The Morgan fingerprint density at radius 3 is 2.57 bits per heavy atom. The van der Waals surface area contributed by atoms with Crippen LogP contribution in [0.1, 0.15) is 0 Å². The van der Waals surface area contributed by atoms with Gasteiger partial charge in [0.1, 0.15) is 0 Å².